The number of benzene rings is 1. The second-order valence-corrected chi connectivity index (χ2v) is 7.59. The molecule has 0 spiro atoms. The zero-order chi connectivity index (χ0) is 14.8. The van der Waals surface area contributed by atoms with E-state index >= 15 is 0 Å². The Hall–Kier alpha value is -0.540. The van der Waals surface area contributed by atoms with Gasteiger partial charge in [-0.1, -0.05) is 29.8 Å². The molecule has 0 aromatic heterocycles. The number of nitrogens with one attached hydrogen (secondary N) is 1. The van der Waals surface area contributed by atoms with Crippen LogP contribution in [0.15, 0.2) is 16.6 Å². The maximum atomic E-state index is 5.52. The smallest absolute Gasteiger partial charge is 0.122 e. The Morgan fingerprint density at radius 1 is 1.35 bits per heavy atom. The standard InChI is InChI=1S/C17H26BrNO/c1-12-9-16(20-4)13(10-15(12)18)7-8-17(2,3)11-19-14-5-6-14/h9-10,14,19H,5-8,11H2,1-4H3. The fourth-order valence-electron chi connectivity index (χ4n) is 2.35. The monoisotopic (exact) mass is 339 g/mol. The van der Waals surface area contributed by atoms with Gasteiger partial charge in [0.05, 0.1) is 7.11 Å². The lowest BCUT2D eigenvalue weighted by atomic mass is 9.86. The van der Waals surface area contributed by atoms with Crippen molar-refractivity contribution in [3.05, 3.63) is 27.7 Å². The second-order valence-electron chi connectivity index (χ2n) is 6.73. The van der Waals surface area contributed by atoms with Gasteiger partial charge < -0.3 is 10.1 Å². The normalized spacial score (nSPS) is 15.4. The van der Waals surface area contributed by atoms with Crippen LogP contribution >= 0.6 is 15.9 Å². The molecule has 1 aliphatic carbocycles. The number of methoxy groups -OCH3 is 1. The van der Waals surface area contributed by atoms with Crippen LogP contribution < -0.4 is 10.1 Å². The van der Waals surface area contributed by atoms with Crippen LogP contribution in [0.25, 0.3) is 0 Å². The van der Waals surface area contributed by atoms with E-state index in [1.54, 1.807) is 7.11 Å². The number of halogens is 1. The van der Waals surface area contributed by atoms with Crippen molar-refractivity contribution < 1.29 is 4.74 Å². The quantitative estimate of drug-likeness (QED) is 0.790. The Bertz CT molecular complexity index is 466. The summed E-state index contributed by atoms with van der Waals surface area (Å²) in [4.78, 5) is 0. The zero-order valence-electron chi connectivity index (χ0n) is 13.1. The topological polar surface area (TPSA) is 21.3 Å². The first-order chi connectivity index (χ1) is 9.41. The number of aryl methyl sites for hydroxylation is 2. The van der Waals surface area contributed by atoms with E-state index in [0.717, 1.165) is 24.8 Å². The SMILES string of the molecule is COc1cc(C)c(Br)cc1CCC(C)(C)CNC1CC1. The minimum atomic E-state index is 0.324. The van der Waals surface area contributed by atoms with Crippen molar-refractivity contribution in [2.45, 2.75) is 52.5 Å². The summed E-state index contributed by atoms with van der Waals surface area (Å²) in [5.74, 6) is 1.01. The Labute approximate surface area is 131 Å². The molecular weight excluding hydrogens is 314 g/mol. The highest BCUT2D eigenvalue weighted by Crippen LogP contribution is 2.31. The molecule has 20 heavy (non-hydrogen) atoms. The third-order valence-corrected chi connectivity index (χ3v) is 4.93. The molecule has 0 heterocycles. The van der Waals surface area contributed by atoms with E-state index in [0.29, 0.717) is 5.41 Å². The van der Waals surface area contributed by atoms with Gasteiger partial charge in [0.25, 0.3) is 0 Å². The lowest BCUT2D eigenvalue weighted by Crippen LogP contribution is -2.31. The summed E-state index contributed by atoms with van der Waals surface area (Å²) in [6, 6.07) is 5.12. The number of ether oxygens (including phenoxy) is 1. The number of hydrogen-bond donors (Lipinski definition) is 1. The predicted octanol–water partition coefficient (Wildman–Crippen LogP) is 4.48. The molecule has 112 valence electrons. The molecular formula is C17H26BrNO. The first kappa shape index (κ1) is 15.8. The Morgan fingerprint density at radius 2 is 2.05 bits per heavy atom. The highest BCUT2D eigenvalue weighted by atomic mass is 79.9. The van der Waals surface area contributed by atoms with Gasteiger partial charge in [-0.3, -0.25) is 0 Å². The Balaban J connectivity index is 1.96. The molecule has 0 radical (unpaired) electrons. The zero-order valence-corrected chi connectivity index (χ0v) is 14.6. The van der Waals surface area contributed by atoms with Crippen LogP contribution in [0.3, 0.4) is 0 Å². The van der Waals surface area contributed by atoms with E-state index in [1.807, 2.05) is 0 Å². The van der Waals surface area contributed by atoms with Crippen molar-refractivity contribution in [2.24, 2.45) is 5.41 Å². The van der Waals surface area contributed by atoms with Crippen molar-refractivity contribution in [1.29, 1.82) is 0 Å². The van der Waals surface area contributed by atoms with Crippen LogP contribution in [-0.4, -0.2) is 19.7 Å². The molecule has 1 saturated carbocycles. The molecule has 0 unspecified atom stereocenters. The fraction of sp³-hybridized carbons (Fsp3) is 0.647. The van der Waals surface area contributed by atoms with E-state index in [4.69, 9.17) is 4.74 Å². The molecule has 1 aromatic carbocycles. The van der Waals surface area contributed by atoms with E-state index in [2.05, 4.69) is 54.2 Å². The minimum Gasteiger partial charge on any atom is -0.496 e. The molecule has 2 rings (SSSR count). The van der Waals surface area contributed by atoms with E-state index in [-0.39, 0.29) is 0 Å². The summed E-state index contributed by atoms with van der Waals surface area (Å²) in [7, 11) is 1.76. The molecule has 1 N–H and O–H groups in total. The predicted molar refractivity (Wildman–Crippen MR) is 88.6 cm³/mol. The van der Waals surface area contributed by atoms with Crippen LogP contribution in [0, 0.1) is 12.3 Å². The van der Waals surface area contributed by atoms with Gasteiger partial charge in [0.15, 0.2) is 0 Å². The van der Waals surface area contributed by atoms with Gasteiger partial charge in [0, 0.05) is 17.1 Å². The molecule has 1 aromatic rings. The molecule has 0 bridgehead atoms. The first-order valence-corrected chi connectivity index (χ1v) is 8.27. The summed E-state index contributed by atoms with van der Waals surface area (Å²) in [6.07, 6.45) is 4.93. The summed E-state index contributed by atoms with van der Waals surface area (Å²) in [6.45, 7) is 7.89. The van der Waals surface area contributed by atoms with Crippen molar-refractivity contribution in [1.82, 2.24) is 5.32 Å². The third-order valence-electron chi connectivity index (χ3n) is 4.08. The maximum Gasteiger partial charge on any atom is 0.122 e. The van der Waals surface area contributed by atoms with Gasteiger partial charge in [-0.25, -0.2) is 0 Å². The summed E-state index contributed by atoms with van der Waals surface area (Å²) < 4.78 is 6.69. The van der Waals surface area contributed by atoms with Crippen molar-refractivity contribution >= 4 is 15.9 Å². The maximum absolute atomic E-state index is 5.52. The minimum absolute atomic E-state index is 0.324. The van der Waals surface area contributed by atoms with Crippen LogP contribution in [-0.2, 0) is 6.42 Å². The van der Waals surface area contributed by atoms with Crippen molar-refractivity contribution in [3.8, 4) is 5.75 Å². The Kier molecular flexibility index (Phi) is 5.14. The number of hydrogen-bond acceptors (Lipinski definition) is 2. The molecule has 0 aliphatic heterocycles. The Morgan fingerprint density at radius 3 is 2.65 bits per heavy atom. The van der Waals surface area contributed by atoms with Gasteiger partial charge in [0.1, 0.15) is 5.75 Å². The van der Waals surface area contributed by atoms with Gasteiger partial charge in [-0.2, -0.15) is 0 Å². The van der Waals surface area contributed by atoms with Gasteiger partial charge in [-0.15, -0.1) is 0 Å². The summed E-state index contributed by atoms with van der Waals surface area (Å²) >= 11 is 3.62. The molecule has 1 aliphatic rings. The van der Waals surface area contributed by atoms with Gasteiger partial charge in [0.2, 0.25) is 0 Å². The first-order valence-electron chi connectivity index (χ1n) is 7.48. The highest BCUT2D eigenvalue weighted by Gasteiger charge is 2.25. The largest absolute Gasteiger partial charge is 0.496 e. The molecule has 0 amide bonds. The lowest BCUT2D eigenvalue weighted by Gasteiger charge is -2.25. The van der Waals surface area contributed by atoms with Crippen molar-refractivity contribution in [2.75, 3.05) is 13.7 Å². The number of rotatable bonds is 7. The average molecular weight is 340 g/mol. The van der Waals surface area contributed by atoms with E-state index in [1.165, 1.54) is 34.9 Å². The van der Waals surface area contributed by atoms with Crippen LogP contribution in [0.4, 0.5) is 0 Å². The summed E-state index contributed by atoms with van der Waals surface area (Å²) in [5, 5.41) is 3.64. The van der Waals surface area contributed by atoms with Crippen LogP contribution in [0.2, 0.25) is 0 Å². The molecule has 3 heteroatoms. The highest BCUT2D eigenvalue weighted by molar-refractivity contribution is 9.10. The molecule has 2 nitrogen and oxygen atoms in total. The lowest BCUT2D eigenvalue weighted by molar-refractivity contribution is 0.311. The van der Waals surface area contributed by atoms with Crippen LogP contribution in [0.5, 0.6) is 5.75 Å². The molecule has 1 fully saturated rings. The fourth-order valence-corrected chi connectivity index (χ4v) is 2.74. The van der Waals surface area contributed by atoms with Gasteiger partial charge >= 0.3 is 0 Å². The summed E-state index contributed by atoms with van der Waals surface area (Å²) in [5.41, 5.74) is 2.84. The second kappa shape index (κ2) is 6.48. The van der Waals surface area contributed by atoms with Crippen molar-refractivity contribution in [3.63, 3.8) is 0 Å². The molecule has 0 atom stereocenters. The van der Waals surface area contributed by atoms with E-state index < -0.39 is 0 Å². The third kappa shape index (κ3) is 4.49. The molecule has 0 saturated heterocycles. The van der Waals surface area contributed by atoms with Gasteiger partial charge in [-0.05, 0) is 61.3 Å². The van der Waals surface area contributed by atoms with E-state index in [9.17, 15) is 0 Å². The van der Waals surface area contributed by atoms with Crippen LogP contribution in [0.1, 0.15) is 44.2 Å². The average Bonchev–Trinajstić information content (AvgIpc) is 3.21.